The van der Waals surface area contributed by atoms with Crippen molar-refractivity contribution >= 4 is 17.6 Å². The van der Waals surface area contributed by atoms with Gasteiger partial charge < -0.3 is 5.32 Å². The van der Waals surface area contributed by atoms with Gasteiger partial charge in [0.1, 0.15) is 0 Å². The number of aromatic nitrogens is 5. The quantitative estimate of drug-likeness (QED) is 0.880. The first-order valence-corrected chi connectivity index (χ1v) is 6.82. The molecule has 2 aromatic heterocycles. The summed E-state index contributed by atoms with van der Waals surface area (Å²) in [6.07, 6.45) is 0.891. The van der Waals surface area contributed by atoms with E-state index < -0.39 is 0 Å². The number of carbonyl (C=O) groups is 1. The van der Waals surface area contributed by atoms with Crippen molar-refractivity contribution in [3.63, 3.8) is 0 Å². The summed E-state index contributed by atoms with van der Waals surface area (Å²) in [6, 6.07) is 0. The van der Waals surface area contributed by atoms with Crippen LogP contribution in [0.1, 0.15) is 40.9 Å². The Morgan fingerprint density at radius 1 is 1.37 bits per heavy atom. The molecule has 2 aromatic rings. The van der Waals surface area contributed by atoms with E-state index in [0.717, 1.165) is 23.5 Å². The third kappa shape index (κ3) is 2.95. The van der Waals surface area contributed by atoms with E-state index in [1.54, 1.807) is 4.68 Å². The van der Waals surface area contributed by atoms with Crippen LogP contribution in [0.3, 0.4) is 0 Å². The van der Waals surface area contributed by atoms with E-state index in [9.17, 15) is 4.79 Å². The number of carbonyl (C=O) groups excluding carboxylic acids is 1. The molecule has 19 heavy (non-hydrogen) atoms. The Morgan fingerprint density at radius 2 is 2.16 bits per heavy atom. The SMILES string of the molecule is CCCNC(=O)c1nnn(Cc2nsnc2C)c1C. The monoisotopic (exact) mass is 280 g/mol. The molecule has 0 aliphatic heterocycles. The minimum absolute atomic E-state index is 0.182. The first-order valence-electron chi connectivity index (χ1n) is 6.09. The van der Waals surface area contributed by atoms with Crippen LogP contribution in [0.4, 0.5) is 0 Å². The van der Waals surface area contributed by atoms with Crippen molar-refractivity contribution < 1.29 is 4.79 Å². The average molecular weight is 280 g/mol. The van der Waals surface area contributed by atoms with Crippen LogP contribution < -0.4 is 5.32 Å². The first kappa shape index (κ1) is 13.6. The molecule has 8 heteroatoms. The Hall–Kier alpha value is -1.83. The average Bonchev–Trinajstić information content (AvgIpc) is 2.95. The third-order valence-corrected chi connectivity index (χ3v) is 3.44. The Kier molecular flexibility index (Phi) is 4.20. The Bertz CT molecular complexity index is 576. The topological polar surface area (TPSA) is 85.6 Å². The van der Waals surface area contributed by atoms with Gasteiger partial charge in [0, 0.05) is 6.54 Å². The lowest BCUT2D eigenvalue weighted by Gasteiger charge is -2.03. The predicted octanol–water partition coefficient (Wildman–Crippen LogP) is 0.935. The fourth-order valence-corrected chi connectivity index (χ4v) is 2.13. The standard InChI is InChI=1S/C11H16N6OS/c1-4-5-12-11(18)10-8(3)17(16-13-10)6-9-7(2)14-19-15-9/h4-6H2,1-3H3,(H,12,18). The number of rotatable bonds is 5. The third-order valence-electron chi connectivity index (χ3n) is 2.78. The highest BCUT2D eigenvalue weighted by Gasteiger charge is 2.17. The Balaban J connectivity index is 2.14. The largest absolute Gasteiger partial charge is 0.351 e. The fraction of sp³-hybridized carbons (Fsp3) is 0.545. The highest BCUT2D eigenvalue weighted by Crippen LogP contribution is 2.09. The summed E-state index contributed by atoms with van der Waals surface area (Å²) in [4.78, 5) is 11.9. The first-order chi connectivity index (χ1) is 9.13. The molecule has 0 aromatic carbocycles. The van der Waals surface area contributed by atoms with Crippen LogP contribution in [-0.2, 0) is 6.54 Å². The molecule has 2 heterocycles. The summed E-state index contributed by atoms with van der Waals surface area (Å²) in [5, 5.41) is 10.7. The summed E-state index contributed by atoms with van der Waals surface area (Å²) < 4.78 is 9.98. The van der Waals surface area contributed by atoms with Crippen LogP contribution in [0, 0.1) is 13.8 Å². The molecule has 0 spiro atoms. The van der Waals surface area contributed by atoms with Gasteiger partial charge in [0.2, 0.25) is 0 Å². The van der Waals surface area contributed by atoms with Crippen molar-refractivity contribution in [3.05, 3.63) is 22.8 Å². The highest BCUT2D eigenvalue weighted by atomic mass is 32.1. The highest BCUT2D eigenvalue weighted by molar-refractivity contribution is 6.99. The van der Waals surface area contributed by atoms with Gasteiger partial charge in [-0.2, -0.15) is 8.75 Å². The fourth-order valence-electron chi connectivity index (χ4n) is 1.58. The number of aryl methyl sites for hydroxylation is 1. The number of hydrogen-bond acceptors (Lipinski definition) is 6. The van der Waals surface area contributed by atoms with Gasteiger partial charge >= 0.3 is 0 Å². The molecule has 102 valence electrons. The van der Waals surface area contributed by atoms with Crippen LogP contribution >= 0.6 is 11.7 Å². The Morgan fingerprint density at radius 3 is 2.79 bits per heavy atom. The van der Waals surface area contributed by atoms with Crippen molar-refractivity contribution in [1.29, 1.82) is 0 Å². The van der Waals surface area contributed by atoms with Crippen molar-refractivity contribution in [2.45, 2.75) is 33.7 Å². The second-order valence-electron chi connectivity index (χ2n) is 4.23. The van der Waals surface area contributed by atoms with Crippen molar-refractivity contribution in [1.82, 2.24) is 29.1 Å². The maximum absolute atomic E-state index is 11.9. The molecule has 0 saturated heterocycles. The summed E-state index contributed by atoms with van der Waals surface area (Å²) in [5.74, 6) is -0.182. The van der Waals surface area contributed by atoms with Crippen LogP contribution in [0.15, 0.2) is 0 Å². The Labute approximate surface area is 115 Å². The van der Waals surface area contributed by atoms with E-state index >= 15 is 0 Å². The van der Waals surface area contributed by atoms with E-state index in [4.69, 9.17) is 0 Å². The van der Waals surface area contributed by atoms with Gasteiger partial charge in [0.15, 0.2) is 5.69 Å². The summed E-state index contributed by atoms with van der Waals surface area (Å²) in [5.41, 5.74) is 2.85. The normalized spacial score (nSPS) is 10.7. The molecule has 2 rings (SSSR count). The van der Waals surface area contributed by atoms with Gasteiger partial charge in [-0.15, -0.1) is 5.10 Å². The predicted molar refractivity (Wildman–Crippen MR) is 71.1 cm³/mol. The maximum Gasteiger partial charge on any atom is 0.273 e. The molecule has 0 radical (unpaired) electrons. The van der Waals surface area contributed by atoms with Gasteiger partial charge in [-0.25, -0.2) is 4.68 Å². The second kappa shape index (κ2) is 5.87. The van der Waals surface area contributed by atoms with E-state index in [1.165, 1.54) is 11.7 Å². The molecule has 0 unspecified atom stereocenters. The zero-order chi connectivity index (χ0) is 13.8. The van der Waals surface area contributed by atoms with Crippen LogP contribution in [0.2, 0.25) is 0 Å². The lowest BCUT2D eigenvalue weighted by Crippen LogP contribution is -2.25. The minimum atomic E-state index is -0.182. The molecular weight excluding hydrogens is 264 g/mol. The summed E-state index contributed by atoms with van der Waals surface area (Å²) >= 11 is 1.17. The van der Waals surface area contributed by atoms with E-state index in [-0.39, 0.29) is 5.91 Å². The maximum atomic E-state index is 11.9. The van der Waals surface area contributed by atoms with Crippen molar-refractivity contribution in [2.75, 3.05) is 6.54 Å². The van der Waals surface area contributed by atoms with Gasteiger partial charge in [0.05, 0.1) is 35.4 Å². The van der Waals surface area contributed by atoms with Crippen molar-refractivity contribution in [3.8, 4) is 0 Å². The summed E-state index contributed by atoms with van der Waals surface area (Å²) in [7, 11) is 0. The number of amides is 1. The minimum Gasteiger partial charge on any atom is -0.351 e. The van der Waals surface area contributed by atoms with Gasteiger partial charge in [0.25, 0.3) is 5.91 Å². The smallest absolute Gasteiger partial charge is 0.273 e. The summed E-state index contributed by atoms with van der Waals surface area (Å²) in [6.45, 7) is 6.86. The lowest BCUT2D eigenvalue weighted by molar-refractivity contribution is 0.0948. The number of hydrogen-bond donors (Lipinski definition) is 1. The molecule has 0 aliphatic carbocycles. The van der Waals surface area contributed by atoms with Crippen LogP contribution in [0.25, 0.3) is 0 Å². The van der Waals surface area contributed by atoms with Crippen molar-refractivity contribution in [2.24, 2.45) is 0 Å². The molecule has 1 N–H and O–H groups in total. The van der Waals surface area contributed by atoms with E-state index in [1.807, 2.05) is 20.8 Å². The molecular formula is C11H16N6OS. The molecule has 0 saturated carbocycles. The molecule has 0 aliphatic rings. The molecule has 0 fully saturated rings. The van der Waals surface area contributed by atoms with Crippen LogP contribution in [-0.4, -0.2) is 36.2 Å². The molecule has 0 atom stereocenters. The number of nitrogens with one attached hydrogen (secondary N) is 1. The molecule has 1 amide bonds. The van der Waals surface area contributed by atoms with Gasteiger partial charge in [-0.05, 0) is 20.3 Å². The van der Waals surface area contributed by atoms with Gasteiger partial charge in [-0.1, -0.05) is 12.1 Å². The zero-order valence-electron chi connectivity index (χ0n) is 11.2. The second-order valence-corrected chi connectivity index (χ2v) is 4.76. The van der Waals surface area contributed by atoms with E-state index in [0.29, 0.717) is 18.8 Å². The van der Waals surface area contributed by atoms with Gasteiger partial charge in [-0.3, -0.25) is 4.79 Å². The molecule has 7 nitrogen and oxygen atoms in total. The van der Waals surface area contributed by atoms with Crippen LogP contribution in [0.5, 0.6) is 0 Å². The number of nitrogens with zero attached hydrogens (tertiary/aromatic N) is 5. The molecule has 0 bridgehead atoms. The van der Waals surface area contributed by atoms with E-state index in [2.05, 4.69) is 24.4 Å². The lowest BCUT2D eigenvalue weighted by atomic mass is 10.3. The zero-order valence-corrected chi connectivity index (χ0v) is 12.0.